The first kappa shape index (κ1) is 22.4. The highest BCUT2D eigenvalue weighted by Gasteiger charge is 2.47. The number of anilines is 1. The Balaban J connectivity index is 1.78. The van der Waals surface area contributed by atoms with Crippen LogP contribution in [0.3, 0.4) is 0 Å². The normalized spacial score (nSPS) is 18.4. The monoisotopic (exact) mass is 487 g/mol. The van der Waals surface area contributed by atoms with Crippen molar-refractivity contribution in [1.29, 1.82) is 5.26 Å². The van der Waals surface area contributed by atoms with Gasteiger partial charge < -0.3 is 20.7 Å². The summed E-state index contributed by atoms with van der Waals surface area (Å²) in [5.41, 5.74) is 8.96. The minimum Gasteiger partial charge on any atom is -0.504 e. The largest absolute Gasteiger partial charge is 0.504 e. The number of hydrogen-bond acceptors (Lipinski definition) is 7. The van der Waals surface area contributed by atoms with Gasteiger partial charge in [-0.1, -0.05) is 42.5 Å². The molecule has 0 fully saturated rings. The lowest BCUT2D eigenvalue weighted by Gasteiger charge is -2.38. The molecular formula is C26H21N3O5S. The topological polar surface area (TPSA) is 137 Å². The summed E-state index contributed by atoms with van der Waals surface area (Å²) in [6.07, 6.45) is 0. The fourth-order valence-corrected chi connectivity index (χ4v) is 6.38. The van der Waals surface area contributed by atoms with Crippen LogP contribution < -0.4 is 10.0 Å². The van der Waals surface area contributed by atoms with Gasteiger partial charge in [-0.2, -0.15) is 5.26 Å². The van der Waals surface area contributed by atoms with Crippen LogP contribution in [0.2, 0.25) is 0 Å². The summed E-state index contributed by atoms with van der Waals surface area (Å²) < 4.78 is 35.5. The highest BCUT2D eigenvalue weighted by atomic mass is 32.2. The summed E-state index contributed by atoms with van der Waals surface area (Å²) in [4.78, 5) is -0.152. The minimum absolute atomic E-state index is 0.0377. The SMILES string of the molecule is Cc1ccccc1CN1c2ccccc2C2=C([C@H](c3ccc(O)c(O)c3)C(C#N)=C(N)O2)S1(=O)=O. The highest BCUT2D eigenvalue weighted by molar-refractivity contribution is 7.96. The second-order valence-corrected chi connectivity index (χ2v) is 10.2. The number of ether oxygens (including phenoxy) is 1. The maximum Gasteiger partial charge on any atom is 0.265 e. The average Bonchev–Trinajstić information content (AvgIpc) is 2.83. The molecule has 0 aromatic heterocycles. The van der Waals surface area contributed by atoms with Crippen LogP contribution >= 0.6 is 0 Å². The molecule has 0 unspecified atom stereocenters. The molecule has 8 nitrogen and oxygen atoms in total. The number of rotatable bonds is 3. The van der Waals surface area contributed by atoms with Gasteiger partial charge in [0.2, 0.25) is 5.88 Å². The van der Waals surface area contributed by atoms with Crippen molar-refractivity contribution in [2.24, 2.45) is 5.73 Å². The molecular weight excluding hydrogens is 466 g/mol. The van der Waals surface area contributed by atoms with E-state index in [1.165, 1.54) is 22.5 Å². The van der Waals surface area contributed by atoms with E-state index in [4.69, 9.17) is 10.5 Å². The van der Waals surface area contributed by atoms with Crippen LogP contribution in [0, 0.1) is 18.3 Å². The number of nitriles is 1. The van der Waals surface area contributed by atoms with Gasteiger partial charge in [-0.15, -0.1) is 0 Å². The lowest BCUT2D eigenvalue weighted by atomic mass is 9.88. The predicted octanol–water partition coefficient (Wildman–Crippen LogP) is 3.93. The van der Waals surface area contributed by atoms with Crippen molar-refractivity contribution in [2.75, 3.05) is 4.31 Å². The number of sulfonamides is 1. The number of allylic oxidation sites excluding steroid dienone is 2. The van der Waals surface area contributed by atoms with Crippen molar-refractivity contribution in [3.63, 3.8) is 0 Å². The number of benzene rings is 3. The lowest BCUT2D eigenvalue weighted by molar-refractivity contribution is 0.357. The van der Waals surface area contributed by atoms with Gasteiger partial charge in [0.1, 0.15) is 16.5 Å². The van der Waals surface area contributed by atoms with E-state index in [0.29, 0.717) is 11.3 Å². The van der Waals surface area contributed by atoms with Crippen molar-refractivity contribution in [1.82, 2.24) is 0 Å². The molecule has 0 radical (unpaired) electrons. The Morgan fingerprint density at radius 1 is 1.06 bits per heavy atom. The summed E-state index contributed by atoms with van der Waals surface area (Å²) in [5.74, 6) is -2.15. The molecule has 0 amide bonds. The molecule has 0 aliphatic carbocycles. The highest BCUT2D eigenvalue weighted by Crippen LogP contribution is 2.51. The molecule has 3 aromatic rings. The number of aryl methyl sites for hydroxylation is 1. The van der Waals surface area contributed by atoms with E-state index >= 15 is 0 Å². The van der Waals surface area contributed by atoms with Crippen LogP contribution in [0.25, 0.3) is 5.76 Å². The molecule has 35 heavy (non-hydrogen) atoms. The first-order chi connectivity index (χ1) is 16.7. The Morgan fingerprint density at radius 3 is 2.49 bits per heavy atom. The van der Waals surface area contributed by atoms with Crippen LogP contribution in [0.4, 0.5) is 5.69 Å². The number of nitrogens with two attached hydrogens (primary N) is 1. The van der Waals surface area contributed by atoms with E-state index < -0.39 is 21.7 Å². The molecule has 2 heterocycles. The second-order valence-electron chi connectivity index (χ2n) is 8.32. The minimum atomic E-state index is -4.24. The Labute approximate surface area is 202 Å². The molecule has 2 aliphatic rings. The number of phenolic OH excluding ortho intramolecular Hbond substituents is 2. The van der Waals surface area contributed by atoms with Crippen LogP contribution in [0.1, 0.15) is 28.2 Å². The van der Waals surface area contributed by atoms with Crippen molar-refractivity contribution in [3.8, 4) is 17.6 Å². The van der Waals surface area contributed by atoms with E-state index in [1.54, 1.807) is 24.3 Å². The molecule has 0 bridgehead atoms. The van der Waals surface area contributed by atoms with E-state index in [-0.39, 0.29) is 40.0 Å². The number of hydrogen-bond donors (Lipinski definition) is 3. The first-order valence-electron chi connectivity index (χ1n) is 10.7. The average molecular weight is 488 g/mol. The molecule has 5 rings (SSSR count). The van der Waals surface area contributed by atoms with Gasteiger partial charge in [0.25, 0.3) is 10.0 Å². The molecule has 3 aromatic carbocycles. The molecule has 0 saturated heterocycles. The third-order valence-electron chi connectivity index (χ3n) is 6.27. The summed E-state index contributed by atoms with van der Waals surface area (Å²) >= 11 is 0. The number of phenols is 2. The van der Waals surface area contributed by atoms with Crippen LogP contribution in [-0.4, -0.2) is 18.6 Å². The zero-order valence-corrected chi connectivity index (χ0v) is 19.5. The van der Waals surface area contributed by atoms with Crippen molar-refractivity contribution in [3.05, 3.63) is 105 Å². The summed E-state index contributed by atoms with van der Waals surface area (Å²) in [6, 6.07) is 20.3. The van der Waals surface area contributed by atoms with Crippen LogP contribution in [0.5, 0.6) is 11.5 Å². The fourth-order valence-electron chi connectivity index (χ4n) is 4.47. The van der Waals surface area contributed by atoms with Crippen LogP contribution in [-0.2, 0) is 21.3 Å². The van der Waals surface area contributed by atoms with Gasteiger partial charge >= 0.3 is 0 Å². The van der Waals surface area contributed by atoms with Gasteiger partial charge in [-0.25, -0.2) is 8.42 Å². The van der Waals surface area contributed by atoms with Crippen molar-refractivity contribution in [2.45, 2.75) is 19.4 Å². The molecule has 4 N–H and O–H groups in total. The molecule has 0 spiro atoms. The van der Waals surface area contributed by atoms with Gasteiger partial charge in [0, 0.05) is 5.56 Å². The Hall–Kier alpha value is -4.42. The van der Waals surface area contributed by atoms with Gasteiger partial charge in [0.05, 0.1) is 18.2 Å². The Kier molecular flexibility index (Phi) is 5.19. The second kappa shape index (κ2) is 8.11. The summed E-state index contributed by atoms with van der Waals surface area (Å²) in [6.45, 7) is 1.98. The van der Waals surface area contributed by atoms with Crippen molar-refractivity contribution >= 4 is 21.5 Å². The number of nitrogens with zero attached hydrogens (tertiary/aromatic N) is 2. The summed E-state index contributed by atoms with van der Waals surface area (Å²) in [5, 5.41) is 29.8. The van der Waals surface area contributed by atoms with Crippen LogP contribution in [0.15, 0.2) is 83.1 Å². The fraction of sp³-hybridized carbons (Fsp3) is 0.115. The zero-order valence-electron chi connectivity index (χ0n) is 18.6. The Bertz CT molecular complexity index is 1580. The molecule has 2 aliphatic heterocycles. The predicted molar refractivity (Wildman–Crippen MR) is 130 cm³/mol. The first-order valence-corrected chi connectivity index (χ1v) is 12.2. The third kappa shape index (κ3) is 3.47. The van der Waals surface area contributed by atoms with E-state index in [1.807, 2.05) is 37.3 Å². The Morgan fingerprint density at radius 2 is 1.77 bits per heavy atom. The maximum atomic E-state index is 14.2. The number of aromatic hydroxyl groups is 2. The summed E-state index contributed by atoms with van der Waals surface area (Å²) in [7, 11) is -4.24. The molecule has 9 heteroatoms. The van der Waals surface area contributed by atoms with Gasteiger partial charge in [-0.3, -0.25) is 4.31 Å². The van der Waals surface area contributed by atoms with E-state index in [2.05, 4.69) is 0 Å². The number of para-hydroxylation sites is 1. The lowest BCUT2D eigenvalue weighted by Crippen LogP contribution is -2.39. The number of fused-ring (bicyclic) bond motifs is 2. The molecule has 1 atom stereocenters. The molecule has 176 valence electrons. The zero-order chi connectivity index (χ0) is 24.9. The quantitative estimate of drug-likeness (QED) is 0.476. The van der Waals surface area contributed by atoms with Gasteiger partial charge in [-0.05, 0) is 47.9 Å². The van der Waals surface area contributed by atoms with Crippen molar-refractivity contribution < 1.29 is 23.4 Å². The smallest absolute Gasteiger partial charge is 0.265 e. The standard InChI is InChI=1S/C26H21N3O5S/c1-15-6-2-3-7-17(15)14-29-20-9-5-4-8-18(20)24-25(35(29,32)33)23(19(13-27)26(28)34-24)16-10-11-21(30)22(31)12-16/h2-12,23,30-31H,14,28H2,1H3/t23-/m1/s1. The van der Waals surface area contributed by atoms with E-state index in [0.717, 1.165) is 11.1 Å². The van der Waals surface area contributed by atoms with E-state index in [9.17, 15) is 23.9 Å². The third-order valence-corrected chi connectivity index (χ3v) is 8.15. The molecule has 0 saturated carbocycles. The maximum absolute atomic E-state index is 14.2. The van der Waals surface area contributed by atoms with Gasteiger partial charge in [0.15, 0.2) is 17.3 Å².